The van der Waals surface area contributed by atoms with E-state index < -0.39 is 11.7 Å². The predicted octanol–water partition coefficient (Wildman–Crippen LogP) is 3.96. The third kappa shape index (κ3) is 4.80. The quantitative estimate of drug-likeness (QED) is 0.754. The Morgan fingerprint density at radius 3 is 2.67 bits per heavy atom. The predicted molar refractivity (Wildman–Crippen MR) is 107 cm³/mol. The molecule has 1 amide bonds. The second kappa shape index (κ2) is 8.71. The van der Waals surface area contributed by atoms with Crippen molar-refractivity contribution in [1.29, 1.82) is 0 Å². The van der Waals surface area contributed by atoms with Gasteiger partial charge in [0.1, 0.15) is 0 Å². The highest BCUT2D eigenvalue weighted by atomic mass is 19.4. The van der Waals surface area contributed by atoms with Crippen molar-refractivity contribution in [3.8, 4) is 11.3 Å². The van der Waals surface area contributed by atoms with Gasteiger partial charge in [0.25, 0.3) is 0 Å². The number of hydrogen-bond acceptors (Lipinski definition) is 4. The van der Waals surface area contributed by atoms with Gasteiger partial charge in [-0.05, 0) is 44.4 Å². The van der Waals surface area contributed by atoms with Gasteiger partial charge in [0.05, 0.1) is 29.7 Å². The molecule has 0 bridgehead atoms. The lowest BCUT2D eigenvalue weighted by Crippen LogP contribution is -2.43. The zero-order chi connectivity index (χ0) is 21.1. The fourth-order valence-electron chi connectivity index (χ4n) is 4.27. The molecule has 2 aliphatic heterocycles. The first-order chi connectivity index (χ1) is 14.4. The van der Waals surface area contributed by atoms with Crippen LogP contribution in [0.15, 0.2) is 36.7 Å². The van der Waals surface area contributed by atoms with E-state index >= 15 is 0 Å². The summed E-state index contributed by atoms with van der Waals surface area (Å²) in [5.74, 6) is 0.292. The minimum Gasteiger partial charge on any atom is -0.342 e. The van der Waals surface area contributed by atoms with Gasteiger partial charge >= 0.3 is 6.18 Å². The molecule has 0 spiro atoms. The zero-order valence-electron chi connectivity index (χ0n) is 16.7. The molecule has 2 aliphatic rings. The van der Waals surface area contributed by atoms with E-state index in [4.69, 9.17) is 0 Å². The highest BCUT2D eigenvalue weighted by Gasteiger charge is 2.31. The second-order valence-electron chi connectivity index (χ2n) is 8.07. The summed E-state index contributed by atoms with van der Waals surface area (Å²) >= 11 is 0. The van der Waals surface area contributed by atoms with Crippen LogP contribution >= 0.6 is 0 Å². The van der Waals surface area contributed by atoms with Gasteiger partial charge in [-0.15, -0.1) is 0 Å². The van der Waals surface area contributed by atoms with E-state index in [1.807, 2.05) is 4.90 Å². The molecule has 0 radical (unpaired) electrons. The summed E-state index contributed by atoms with van der Waals surface area (Å²) in [4.78, 5) is 25.4. The first-order valence-electron chi connectivity index (χ1n) is 10.4. The number of carbonyl (C=O) groups is 1. The number of likely N-dealkylation sites (tertiary alicyclic amines) is 2. The Balaban J connectivity index is 1.47. The Morgan fingerprint density at radius 1 is 1.10 bits per heavy atom. The lowest BCUT2D eigenvalue weighted by molar-refractivity contribution is -0.137. The van der Waals surface area contributed by atoms with E-state index in [1.165, 1.54) is 12.3 Å². The lowest BCUT2D eigenvalue weighted by atomic mass is 9.94. The minimum atomic E-state index is -4.40. The largest absolute Gasteiger partial charge is 0.416 e. The first-order valence-corrected chi connectivity index (χ1v) is 10.4. The lowest BCUT2D eigenvalue weighted by Gasteiger charge is -2.33. The smallest absolute Gasteiger partial charge is 0.342 e. The average Bonchev–Trinajstić information content (AvgIpc) is 3.29. The number of benzene rings is 1. The zero-order valence-corrected chi connectivity index (χ0v) is 16.7. The molecule has 8 heteroatoms. The molecule has 1 aromatic carbocycles. The van der Waals surface area contributed by atoms with Crippen LogP contribution in [0.1, 0.15) is 42.9 Å². The number of rotatable bonds is 4. The summed E-state index contributed by atoms with van der Waals surface area (Å²) < 4.78 is 39.1. The van der Waals surface area contributed by atoms with Gasteiger partial charge in [0, 0.05) is 37.3 Å². The van der Waals surface area contributed by atoms with Crippen LogP contribution in [0.5, 0.6) is 0 Å². The van der Waals surface area contributed by atoms with Crippen LogP contribution in [0.3, 0.4) is 0 Å². The molecule has 30 heavy (non-hydrogen) atoms. The van der Waals surface area contributed by atoms with E-state index in [1.54, 1.807) is 12.3 Å². The Hall–Kier alpha value is -2.48. The topological polar surface area (TPSA) is 49.3 Å². The van der Waals surface area contributed by atoms with Crippen molar-refractivity contribution in [3.05, 3.63) is 47.9 Å². The molecule has 5 nitrogen and oxygen atoms in total. The molecule has 0 unspecified atom stereocenters. The SMILES string of the molecule is O=C(CN1CCC[C@H](c2cncc(-c3cccc(C(F)(F)F)c3)n2)C1)N1CCCC1. The van der Waals surface area contributed by atoms with Crippen molar-refractivity contribution < 1.29 is 18.0 Å². The number of halogens is 3. The Kier molecular flexibility index (Phi) is 6.04. The maximum atomic E-state index is 13.0. The Bertz CT molecular complexity index is 896. The molecule has 0 N–H and O–H groups in total. The summed E-state index contributed by atoms with van der Waals surface area (Å²) in [7, 11) is 0. The number of alkyl halides is 3. The first kappa shape index (κ1) is 20.8. The van der Waals surface area contributed by atoms with Gasteiger partial charge in [0.2, 0.25) is 5.91 Å². The molecule has 2 saturated heterocycles. The normalized spacial score (nSPS) is 20.5. The van der Waals surface area contributed by atoms with Gasteiger partial charge in [-0.3, -0.25) is 14.7 Å². The molecular formula is C22H25F3N4O. The standard InChI is InChI=1S/C22H25F3N4O/c23-22(24,25)18-7-3-5-16(11-18)19-12-26-13-20(27-19)17-6-4-8-28(14-17)15-21(30)29-9-1-2-10-29/h3,5,7,11-13,17H,1-2,4,6,8-10,14-15H2/t17-/m0/s1. The molecular weight excluding hydrogens is 393 g/mol. The molecule has 0 aliphatic carbocycles. The molecule has 1 aromatic heterocycles. The van der Waals surface area contributed by atoms with E-state index in [-0.39, 0.29) is 11.8 Å². The number of nitrogens with zero attached hydrogens (tertiary/aromatic N) is 4. The van der Waals surface area contributed by atoms with Crippen molar-refractivity contribution in [2.45, 2.75) is 37.8 Å². The molecule has 0 saturated carbocycles. The van der Waals surface area contributed by atoms with Crippen LogP contribution < -0.4 is 0 Å². The number of aromatic nitrogens is 2. The van der Waals surface area contributed by atoms with Gasteiger partial charge in [-0.25, -0.2) is 4.98 Å². The molecule has 1 atom stereocenters. The molecule has 160 valence electrons. The van der Waals surface area contributed by atoms with Crippen LogP contribution in [-0.2, 0) is 11.0 Å². The minimum absolute atomic E-state index is 0.114. The summed E-state index contributed by atoms with van der Waals surface area (Å²) in [6.07, 6.45) is 2.82. The van der Waals surface area contributed by atoms with Crippen LogP contribution in [0.2, 0.25) is 0 Å². The maximum Gasteiger partial charge on any atom is 0.416 e. The fraction of sp³-hybridized carbons (Fsp3) is 0.500. The van der Waals surface area contributed by atoms with E-state index in [0.29, 0.717) is 24.3 Å². The van der Waals surface area contributed by atoms with E-state index in [0.717, 1.165) is 63.1 Å². The van der Waals surface area contributed by atoms with E-state index in [9.17, 15) is 18.0 Å². The van der Waals surface area contributed by atoms with Crippen LogP contribution in [0, 0.1) is 0 Å². The number of piperidine rings is 1. The molecule has 4 rings (SSSR count). The van der Waals surface area contributed by atoms with Gasteiger partial charge in [-0.1, -0.05) is 12.1 Å². The van der Waals surface area contributed by atoms with Gasteiger partial charge in [0.15, 0.2) is 0 Å². The van der Waals surface area contributed by atoms with E-state index in [2.05, 4.69) is 14.9 Å². The summed E-state index contributed by atoms with van der Waals surface area (Å²) in [6.45, 7) is 3.69. The van der Waals surface area contributed by atoms with Crippen molar-refractivity contribution >= 4 is 5.91 Å². The molecule has 2 fully saturated rings. The third-order valence-corrected chi connectivity index (χ3v) is 5.88. The Morgan fingerprint density at radius 2 is 1.90 bits per heavy atom. The van der Waals surface area contributed by atoms with Crippen molar-refractivity contribution in [1.82, 2.24) is 19.8 Å². The maximum absolute atomic E-state index is 13.0. The fourth-order valence-corrected chi connectivity index (χ4v) is 4.27. The van der Waals surface area contributed by atoms with Gasteiger partial charge < -0.3 is 4.90 Å². The van der Waals surface area contributed by atoms with Crippen LogP contribution in [0.4, 0.5) is 13.2 Å². The molecule has 2 aromatic rings. The second-order valence-corrected chi connectivity index (χ2v) is 8.07. The monoisotopic (exact) mass is 418 g/mol. The number of hydrogen-bond donors (Lipinski definition) is 0. The van der Waals surface area contributed by atoms with Crippen LogP contribution in [-0.4, -0.2) is 58.4 Å². The Labute approximate surface area is 173 Å². The highest BCUT2D eigenvalue weighted by molar-refractivity contribution is 5.78. The van der Waals surface area contributed by atoms with Crippen molar-refractivity contribution in [3.63, 3.8) is 0 Å². The van der Waals surface area contributed by atoms with Crippen molar-refractivity contribution in [2.24, 2.45) is 0 Å². The number of amides is 1. The summed E-state index contributed by atoms with van der Waals surface area (Å²) in [5, 5.41) is 0. The molecule has 3 heterocycles. The number of carbonyl (C=O) groups excluding carboxylic acids is 1. The van der Waals surface area contributed by atoms with Gasteiger partial charge in [-0.2, -0.15) is 13.2 Å². The highest BCUT2D eigenvalue weighted by Crippen LogP contribution is 2.32. The summed E-state index contributed by atoms with van der Waals surface area (Å²) in [6, 6.07) is 5.16. The van der Waals surface area contributed by atoms with Crippen molar-refractivity contribution in [2.75, 3.05) is 32.7 Å². The van der Waals surface area contributed by atoms with Crippen LogP contribution in [0.25, 0.3) is 11.3 Å². The summed E-state index contributed by atoms with van der Waals surface area (Å²) in [5.41, 5.74) is 0.902. The third-order valence-electron chi connectivity index (χ3n) is 5.88. The average molecular weight is 418 g/mol.